The van der Waals surface area contributed by atoms with Crippen molar-refractivity contribution in [2.75, 3.05) is 6.54 Å². The Morgan fingerprint density at radius 2 is 1.92 bits per heavy atom. The Morgan fingerprint density at radius 3 is 2.50 bits per heavy atom. The molecule has 0 saturated carbocycles. The molecule has 0 unspecified atom stereocenters. The van der Waals surface area contributed by atoms with Gasteiger partial charge in [-0.15, -0.1) is 0 Å². The SMILES string of the molecule is Cc1nc(C(C)(C)C)oc1CCCNC(=O)Cc1ccc(Cl)cc1. The summed E-state index contributed by atoms with van der Waals surface area (Å²) in [4.78, 5) is 16.4. The molecule has 2 aromatic rings. The molecule has 0 radical (unpaired) electrons. The number of nitrogens with one attached hydrogen (secondary N) is 1. The van der Waals surface area contributed by atoms with Crippen molar-refractivity contribution < 1.29 is 9.21 Å². The number of halogens is 1. The molecule has 0 atom stereocenters. The lowest BCUT2D eigenvalue weighted by Gasteiger charge is -2.12. The van der Waals surface area contributed by atoms with Gasteiger partial charge in [0.15, 0.2) is 5.89 Å². The van der Waals surface area contributed by atoms with Gasteiger partial charge in [-0.3, -0.25) is 4.79 Å². The molecule has 0 bridgehead atoms. The minimum absolute atomic E-state index is 0.0157. The zero-order chi connectivity index (χ0) is 17.7. The molecule has 1 N–H and O–H groups in total. The second kappa shape index (κ2) is 7.84. The zero-order valence-corrected chi connectivity index (χ0v) is 15.5. The second-order valence-corrected chi connectivity index (χ2v) is 7.47. The number of hydrogen-bond donors (Lipinski definition) is 1. The van der Waals surface area contributed by atoms with E-state index in [1.54, 1.807) is 12.1 Å². The number of amides is 1. The third kappa shape index (κ3) is 5.38. The lowest BCUT2D eigenvalue weighted by molar-refractivity contribution is -0.120. The van der Waals surface area contributed by atoms with Crippen LogP contribution in [0, 0.1) is 6.92 Å². The van der Waals surface area contributed by atoms with Gasteiger partial charge in [-0.05, 0) is 31.0 Å². The summed E-state index contributed by atoms with van der Waals surface area (Å²) in [7, 11) is 0. The molecule has 0 aliphatic carbocycles. The minimum atomic E-state index is -0.0875. The van der Waals surface area contributed by atoms with Gasteiger partial charge in [0.2, 0.25) is 5.91 Å². The maximum Gasteiger partial charge on any atom is 0.224 e. The molecule has 0 fully saturated rings. The van der Waals surface area contributed by atoms with Crippen LogP contribution in [0.25, 0.3) is 0 Å². The van der Waals surface area contributed by atoms with Crippen molar-refractivity contribution in [1.29, 1.82) is 0 Å². The molecule has 0 aliphatic heterocycles. The predicted octanol–water partition coefficient (Wildman–Crippen LogP) is 4.23. The van der Waals surface area contributed by atoms with Crippen LogP contribution >= 0.6 is 11.6 Å². The topological polar surface area (TPSA) is 55.1 Å². The standard InChI is InChI=1S/C19H25ClN2O2/c1-13-16(24-18(22-13)19(2,3)4)6-5-11-21-17(23)12-14-7-9-15(20)10-8-14/h7-10H,5-6,11-12H2,1-4H3,(H,21,23). The van der Waals surface area contributed by atoms with Crippen LogP contribution in [-0.4, -0.2) is 17.4 Å². The molecule has 0 spiro atoms. The number of aryl methyl sites for hydroxylation is 2. The van der Waals surface area contributed by atoms with Crippen molar-refractivity contribution in [3.63, 3.8) is 0 Å². The van der Waals surface area contributed by atoms with Gasteiger partial charge >= 0.3 is 0 Å². The highest BCUT2D eigenvalue weighted by Crippen LogP contribution is 2.24. The van der Waals surface area contributed by atoms with Gasteiger partial charge in [0, 0.05) is 23.4 Å². The van der Waals surface area contributed by atoms with Crippen molar-refractivity contribution in [3.05, 3.63) is 52.2 Å². The number of hydrogen-bond acceptors (Lipinski definition) is 3. The second-order valence-electron chi connectivity index (χ2n) is 7.03. The van der Waals surface area contributed by atoms with Gasteiger partial charge in [-0.1, -0.05) is 44.5 Å². The highest BCUT2D eigenvalue weighted by molar-refractivity contribution is 6.30. The molecule has 5 heteroatoms. The third-order valence-electron chi connectivity index (χ3n) is 3.71. The first kappa shape index (κ1) is 18.5. The highest BCUT2D eigenvalue weighted by Gasteiger charge is 2.21. The first-order valence-electron chi connectivity index (χ1n) is 8.23. The van der Waals surface area contributed by atoms with Gasteiger partial charge < -0.3 is 9.73 Å². The maximum atomic E-state index is 11.9. The van der Waals surface area contributed by atoms with Crippen LogP contribution in [0.5, 0.6) is 0 Å². The molecule has 1 amide bonds. The fourth-order valence-electron chi connectivity index (χ4n) is 2.31. The largest absolute Gasteiger partial charge is 0.445 e. The molecular weight excluding hydrogens is 324 g/mol. The van der Waals surface area contributed by atoms with E-state index in [1.165, 1.54) is 0 Å². The number of nitrogens with zero attached hydrogens (tertiary/aromatic N) is 1. The maximum absolute atomic E-state index is 11.9. The van der Waals surface area contributed by atoms with Gasteiger partial charge in [0.1, 0.15) is 5.76 Å². The number of aromatic nitrogens is 1. The lowest BCUT2D eigenvalue weighted by Crippen LogP contribution is -2.26. The number of rotatable bonds is 6. The number of benzene rings is 1. The third-order valence-corrected chi connectivity index (χ3v) is 3.97. The van der Waals surface area contributed by atoms with Crippen LogP contribution in [0.4, 0.5) is 0 Å². The first-order chi connectivity index (χ1) is 11.3. The Hall–Kier alpha value is -1.81. The lowest BCUT2D eigenvalue weighted by atomic mass is 9.97. The predicted molar refractivity (Wildman–Crippen MR) is 96.4 cm³/mol. The Labute approximate surface area is 148 Å². The van der Waals surface area contributed by atoms with Crippen LogP contribution in [0.3, 0.4) is 0 Å². The molecule has 0 aliphatic rings. The summed E-state index contributed by atoms with van der Waals surface area (Å²) in [5.41, 5.74) is 1.81. The normalized spacial score (nSPS) is 11.5. The van der Waals surface area contributed by atoms with Crippen molar-refractivity contribution in [3.8, 4) is 0 Å². The highest BCUT2D eigenvalue weighted by atomic mass is 35.5. The fraction of sp³-hybridized carbons (Fsp3) is 0.474. The van der Waals surface area contributed by atoms with Crippen molar-refractivity contribution in [2.24, 2.45) is 0 Å². The average molecular weight is 349 g/mol. The molecule has 130 valence electrons. The molecule has 4 nitrogen and oxygen atoms in total. The minimum Gasteiger partial charge on any atom is -0.445 e. The summed E-state index contributed by atoms with van der Waals surface area (Å²) in [5, 5.41) is 3.62. The fourth-order valence-corrected chi connectivity index (χ4v) is 2.43. The smallest absolute Gasteiger partial charge is 0.224 e. The van der Waals surface area contributed by atoms with Crippen molar-refractivity contribution in [2.45, 2.75) is 52.4 Å². The summed E-state index contributed by atoms with van der Waals surface area (Å²) in [6.07, 6.45) is 1.97. The summed E-state index contributed by atoms with van der Waals surface area (Å²) in [6, 6.07) is 7.33. The van der Waals surface area contributed by atoms with Gasteiger partial charge in [-0.25, -0.2) is 4.98 Å². The zero-order valence-electron chi connectivity index (χ0n) is 14.8. The van der Waals surface area contributed by atoms with E-state index in [0.717, 1.165) is 35.7 Å². The summed E-state index contributed by atoms with van der Waals surface area (Å²) in [5.74, 6) is 1.69. The molecule has 1 heterocycles. The number of carbonyl (C=O) groups excluding carboxylic acids is 1. The Kier molecular flexibility index (Phi) is 6.05. The van der Waals surface area contributed by atoms with Gasteiger partial charge in [-0.2, -0.15) is 0 Å². The van der Waals surface area contributed by atoms with E-state index in [9.17, 15) is 4.79 Å². The van der Waals surface area contributed by atoms with Crippen molar-refractivity contribution in [1.82, 2.24) is 10.3 Å². The Bertz CT molecular complexity index is 684. The van der Waals surface area contributed by atoms with Gasteiger partial charge in [0.25, 0.3) is 0 Å². The van der Waals surface area contributed by atoms with E-state index in [2.05, 4.69) is 31.1 Å². The van der Waals surface area contributed by atoms with E-state index in [0.29, 0.717) is 18.0 Å². The van der Waals surface area contributed by atoms with Crippen LogP contribution in [0.15, 0.2) is 28.7 Å². The van der Waals surface area contributed by atoms with E-state index in [1.807, 2.05) is 19.1 Å². The van der Waals surface area contributed by atoms with E-state index in [-0.39, 0.29) is 11.3 Å². The summed E-state index contributed by atoms with van der Waals surface area (Å²) < 4.78 is 5.86. The summed E-state index contributed by atoms with van der Waals surface area (Å²) >= 11 is 5.84. The van der Waals surface area contributed by atoms with E-state index >= 15 is 0 Å². The molecule has 24 heavy (non-hydrogen) atoms. The van der Waals surface area contributed by atoms with Crippen LogP contribution < -0.4 is 5.32 Å². The monoisotopic (exact) mass is 348 g/mol. The number of carbonyl (C=O) groups is 1. The summed E-state index contributed by atoms with van der Waals surface area (Å²) in [6.45, 7) is 8.84. The molecular formula is C19H25ClN2O2. The van der Waals surface area contributed by atoms with E-state index < -0.39 is 0 Å². The van der Waals surface area contributed by atoms with Gasteiger partial charge in [0.05, 0.1) is 12.1 Å². The molecule has 1 aromatic heterocycles. The number of oxazole rings is 1. The van der Waals surface area contributed by atoms with E-state index in [4.69, 9.17) is 16.0 Å². The Balaban J connectivity index is 1.75. The quantitative estimate of drug-likeness (QED) is 0.795. The molecule has 1 aromatic carbocycles. The average Bonchev–Trinajstić information content (AvgIpc) is 2.87. The van der Waals surface area contributed by atoms with Crippen LogP contribution in [0.2, 0.25) is 5.02 Å². The Morgan fingerprint density at radius 1 is 1.25 bits per heavy atom. The molecule has 0 saturated heterocycles. The molecule has 2 rings (SSSR count). The van der Waals surface area contributed by atoms with Crippen LogP contribution in [0.1, 0.15) is 50.1 Å². The first-order valence-corrected chi connectivity index (χ1v) is 8.61. The van der Waals surface area contributed by atoms with Crippen molar-refractivity contribution >= 4 is 17.5 Å². The van der Waals surface area contributed by atoms with Crippen LogP contribution in [-0.2, 0) is 23.1 Å².